The van der Waals surface area contributed by atoms with Crippen LogP contribution >= 0.6 is 0 Å². The van der Waals surface area contributed by atoms with Gasteiger partial charge in [0.15, 0.2) is 0 Å². The quantitative estimate of drug-likeness (QED) is 0.165. The summed E-state index contributed by atoms with van der Waals surface area (Å²) >= 11 is 0. The Bertz CT molecular complexity index is 390. The molecule has 0 aromatic carbocycles. The van der Waals surface area contributed by atoms with Gasteiger partial charge in [0.2, 0.25) is 0 Å². The maximum absolute atomic E-state index is 9.77. The van der Waals surface area contributed by atoms with Crippen LogP contribution in [0.1, 0.15) is 104 Å². The molecule has 1 atom stereocenters. The Hall–Kier alpha value is -0.640. The smallest absolute Gasteiger partial charge is 0.0688 e. The van der Waals surface area contributed by atoms with Crippen molar-refractivity contribution >= 4 is 0 Å². The molecule has 1 unspecified atom stereocenters. The first-order chi connectivity index (χ1) is 14.1. The van der Waals surface area contributed by atoms with Crippen LogP contribution < -0.4 is 0 Å². The van der Waals surface area contributed by atoms with Gasteiger partial charge in [-0.1, -0.05) is 76.2 Å². The van der Waals surface area contributed by atoms with E-state index in [-0.39, 0.29) is 6.10 Å². The van der Waals surface area contributed by atoms with E-state index in [2.05, 4.69) is 32.1 Å². The van der Waals surface area contributed by atoms with Gasteiger partial charge in [0, 0.05) is 19.8 Å². The molecule has 172 valence electrons. The van der Waals surface area contributed by atoms with E-state index in [1.807, 2.05) is 19.0 Å². The van der Waals surface area contributed by atoms with Crippen LogP contribution in [0, 0.1) is 0 Å². The molecule has 3 heteroatoms. The molecule has 0 aliphatic heterocycles. The highest BCUT2D eigenvalue weighted by atomic mass is 16.5. The summed E-state index contributed by atoms with van der Waals surface area (Å²) in [4.78, 5) is 2.01. The summed E-state index contributed by atoms with van der Waals surface area (Å²) in [5.41, 5.74) is 1.60. The first kappa shape index (κ1) is 28.4. The van der Waals surface area contributed by atoms with Crippen LogP contribution in [0.3, 0.4) is 0 Å². The van der Waals surface area contributed by atoms with Crippen molar-refractivity contribution in [1.82, 2.24) is 4.90 Å². The molecule has 0 aromatic rings. The molecule has 0 saturated heterocycles. The fraction of sp³-hybridized carbons (Fsp3) is 0.846. The first-order valence-electron chi connectivity index (χ1n) is 12.3. The SMILES string of the molecule is CCCCC/C=C\C/C(=C\CCCCCCCCOCCC(O)CN(C)C)CC. The predicted molar refractivity (Wildman–Crippen MR) is 129 cm³/mol. The summed E-state index contributed by atoms with van der Waals surface area (Å²) in [6, 6.07) is 0. The molecule has 0 fully saturated rings. The number of unbranched alkanes of at least 4 members (excludes halogenated alkanes) is 9. The molecule has 0 aliphatic rings. The molecule has 29 heavy (non-hydrogen) atoms. The fourth-order valence-electron chi connectivity index (χ4n) is 3.43. The maximum atomic E-state index is 9.77. The second kappa shape index (κ2) is 22.1. The average Bonchev–Trinajstić information content (AvgIpc) is 2.69. The predicted octanol–water partition coefficient (Wildman–Crippen LogP) is 6.91. The Morgan fingerprint density at radius 3 is 2.24 bits per heavy atom. The second-order valence-corrected chi connectivity index (χ2v) is 8.61. The number of allylic oxidation sites excluding steroid dienone is 4. The molecule has 1 N–H and O–H groups in total. The molecule has 0 spiro atoms. The van der Waals surface area contributed by atoms with E-state index in [1.165, 1.54) is 70.6 Å². The molecule has 0 rings (SSSR count). The number of ether oxygens (including phenoxy) is 1. The van der Waals surface area contributed by atoms with Gasteiger partial charge in [-0.3, -0.25) is 0 Å². The minimum absolute atomic E-state index is 0.269. The fourth-order valence-corrected chi connectivity index (χ4v) is 3.43. The van der Waals surface area contributed by atoms with Crippen LogP contribution in [-0.2, 0) is 4.74 Å². The molecule has 0 heterocycles. The highest BCUT2D eigenvalue weighted by Crippen LogP contribution is 2.13. The second-order valence-electron chi connectivity index (χ2n) is 8.61. The zero-order valence-electron chi connectivity index (χ0n) is 20.1. The number of aliphatic hydroxyl groups excluding tert-OH is 1. The lowest BCUT2D eigenvalue weighted by atomic mass is 10.0. The van der Waals surface area contributed by atoms with Crippen LogP contribution in [0.5, 0.6) is 0 Å². The van der Waals surface area contributed by atoms with Crippen molar-refractivity contribution in [2.45, 2.75) is 110 Å². The molecule has 0 radical (unpaired) electrons. The van der Waals surface area contributed by atoms with E-state index >= 15 is 0 Å². The summed E-state index contributed by atoms with van der Waals surface area (Å²) in [6.45, 7) is 6.77. The third-order valence-electron chi connectivity index (χ3n) is 5.32. The van der Waals surface area contributed by atoms with Gasteiger partial charge in [0.1, 0.15) is 0 Å². The van der Waals surface area contributed by atoms with Gasteiger partial charge in [-0.2, -0.15) is 0 Å². The normalized spacial score (nSPS) is 13.7. The first-order valence-corrected chi connectivity index (χ1v) is 12.3. The van der Waals surface area contributed by atoms with Gasteiger partial charge in [0.25, 0.3) is 0 Å². The molecule has 0 saturated carbocycles. The topological polar surface area (TPSA) is 32.7 Å². The number of aliphatic hydroxyl groups is 1. The highest BCUT2D eigenvalue weighted by Gasteiger charge is 2.04. The third-order valence-corrected chi connectivity index (χ3v) is 5.32. The van der Waals surface area contributed by atoms with Gasteiger partial charge in [-0.15, -0.1) is 0 Å². The zero-order valence-corrected chi connectivity index (χ0v) is 20.1. The summed E-state index contributed by atoms with van der Waals surface area (Å²) in [6.07, 6.45) is 24.2. The Kier molecular flexibility index (Phi) is 21.6. The van der Waals surface area contributed by atoms with E-state index in [1.54, 1.807) is 5.57 Å². The maximum Gasteiger partial charge on any atom is 0.0688 e. The number of hydrogen-bond acceptors (Lipinski definition) is 3. The van der Waals surface area contributed by atoms with Crippen LogP contribution in [-0.4, -0.2) is 50.0 Å². The van der Waals surface area contributed by atoms with Crippen molar-refractivity contribution < 1.29 is 9.84 Å². The number of nitrogens with zero attached hydrogens (tertiary/aromatic N) is 1. The van der Waals surface area contributed by atoms with Crippen molar-refractivity contribution in [3.05, 3.63) is 23.8 Å². The van der Waals surface area contributed by atoms with Gasteiger partial charge < -0.3 is 14.7 Å². The largest absolute Gasteiger partial charge is 0.392 e. The Balaban J connectivity index is 3.46. The Morgan fingerprint density at radius 2 is 1.55 bits per heavy atom. The summed E-state index contributed by atoms with van der Waals surface area (Å²) in [7, 11) is 3.97. The van der Waals surface area contributed by atoms with Crippen LogP contribution in [0.15, 0.2) is 23.8 Å². The number of likely N-dealkylation sites (N-methyl/N-ethyl adjacent to an activating group) is 1. The van der Waals surface area contributed by atoms with Crippen molar-refractivity contribution in [3.8, 4) is 0 Å². The molecule has 0 aliphatic carbocycles. The van der Waals surface area contributed by atoms with Gasteiger partial charge in [-0.25, -0.2) is 0 Å². The molecule has 0 aromatic heterocycles. The average molecular weight is 410 g/mol. The van der Waals surface area contributed by atoms with Crippen molar-refractivity contribution in [2.75, 3.05) is 33.9 Å². The molecule has 0 bridgehead atoms. The summed E-state index contributed by atoms with van der Waals surface area (Å²) < 4.78 is 5.64. The minimum atomic E-state index is -0.269. The monoisotopic (exact) mass is 409 g/mol. The molecular weight excluding hydrogens is 358 g/mol. The van der Waals surface area contributed by atoms with Crippen molar-refractivity contribution in [3.63, 3.8) is 0 Å². The van der Waals surface area contributed by atoms with Crippen LogP contribution in [0.2, 0.25) is 0 Å². The lowest BCUT2D eigenvalue weighted by molar-refractivity contribution is 0.0674. The van der Waals surface area contributed by atoms with E-state index in [4.69, 9.17) is 4.74 Å². The summed E-state index contributed by atoms with van der Waals surface area (Å²) in [5, 5.41) is 9.77. The minimum Gasteiger partial charge on any atom is -0.392 e. The highest BCUT2D eigenvalue weighted by molar-refractivity contribution is 5.07. The lowest BCUT2D eigenvalue weighted by Gasteiger charge is -2.15. The van der Waals surface area contributed by atoms with Gasteiger partial charge in [0.05, 0.1) is 6.10 Å². The van der Waals surface area contributed by atoms with Crippen LogP contribution in [0.4, 0.5) is 0 Å². The van der Waals surface area contributed by atoms with E-state index in [0.29, 0.717) is 13.2 Å². The van der Waals surface area contributed by atoms with Crippen molar-refractivity contribution in [1.29, 1.82) is 0 Å². The zero-order chi connectivity index (χ0) is 21.6. The molecule has 0 amide bonds. The Labute approximate surface area is 182 Å². The molecular formula is C26H51NO2. The van der Waals surface area contributed by atoms with E-state index < -0.39 is 0 Å². The van der Waals surface area contributed by atoms with E-state index in [0.717, 1.165) is 25.9 Å². The summed E-state index contributed by atoms with van der Waals surface area (Å²) in [5.74, 6) is 0. The van der Waals surface area contributed by atoms with Crippen LogP contribution in [0.25, 0.3) is 0 Å². The Morgan fingerprint density at radius 1 is 0.862 bits per heavy atom. The van der Waals surface area contributed by atoms with Gasteiger partial charge >= 0.3 is 0 Å². The van der Waals surface area contributed by atoms with Gasteiger partial charge in [-0.05, 0) is 65.5 Å². The molecule has 3 nitrogen and oxygen atoms in total. The lowest BCUT2D eigenvalue weighted by Crippen LogP contribution is -2.26. The standard InChI is InChI=1S/C26H51NO2/c1-5-7-8-9-13-16-19-25(6-2)20-17-14-11-10-12-15-18-22-29-23-21-26(28)24-27(3)4/h13,16,20,26,28H,5-12,14-15,17-19,21-24H2,1-4H3/b16-13-,25-20-. The van der Waals surface area contributed by atoms with E-state index in [9.17, 15) is 5.11 Å². The number of hydrogen-bond donors (Lipinski definition) is 1. The van der Waals surface area contributed by atoms with Crippen molar-refractivity contribution in [2.24, 2.45) is 0 Å². The third kappa shape index (κ3) is 21.9. The number of rotatable bonds is 21.